The normalized spacial score (nSPS) is 20.9. The van der Waals surface area contributed by atoms with E-state index in [9.17, 15) is 4.79 Å². The molecule has 0 bridgehead atoms. The van der Waals surface area contributed by atoms with Crippen LogP contribution in [0.4, 0.5) is 0 Å². The van der Waals surface area contributed by atoms with E-state index in [1.807, 2.05) is 6.20 Å². The minimum atomic E-state index is 0.101. The van der Waals surface area contributed by atoms with Gasteiger partial charge in [-0.1, -0.05) is 23.8 Å². The third kappa shape index (κ3) is 4.24. The first-order valence-corrected chi connectivity index (χ1v) is 10.3. The van der Waals surface area contributed by atoms with Crippen molar-refractivity contribution in [2.24, 2.45) is 5.92 Å². The maximum Gasteiger partial charge on any atom is 0.223 e. The van der Waals surface area contributed by atoms with Crippen LogP contribution in [0.5, 0.6) is 0 Å². The van der Waals surface area contributed by atoms with E-state index in [1.54, 1.807) is 0 Å². The monoisotopic (exact) mass is 366 g/mol. The largest absolute Gasteiger partial charge is 0.340 e. The molecule has 0 saturated carbocycles. The Kier molecular flexibility index (Phi) is 5.58. The average molecular weight is 367 g/mol. The molecule has 2 aliphatic heterocycles. The van der Waals surface area contributed by atoms with Gasteiger partial charge in [-0.3, -0.25) is 4.79 Å². The first kappa shape index (κ1) is 18.2. The summed E-state index contributed by atoms with van der Waals surface area (Å²) in [6, 6.07) is 8.52. The molecular formula is C22H30N4O. The zero-order valence-electron chi connectivity index (χ0n) is 16.2. The van der Waals surface area contributed by atoms with Crippen LogP contribution in [0.1, 0.15) is 56.0 Å². The summed E-state index contributed by atoms with van der Waals surface area (Å²) in [6.07, 6.45) is 8.07. The number of hydrogen-bond donors (Lipinski definition) is 2. The summed E-state index contributed by atoms with van der Waals surface area (Å²) in [5.41, 5.74) is 3.41. The van der Waals surface area contributed by atoms with Crippen LogP contribution in [0.3, 0.4) is 0 Å². The molecular weight excluding hydrogens is 336 g/mol. The molecule has 2 saturated heterocycles. The van der Waals surface area contributed by atoms with Crippen molar-refractivity contribution in [3.8, 4) is 11.3 Å². The lowest BCUT2D eigenvalue weighted by molar-refractivity contribution is -0.132. The molecule has 1 atom stereocenters. The molecule has 1 aromatic heterocycles. The molecule has 0 radical (unpaired) electrons. The molecule has 5 nitrogen and oxygen atoms in total. The molecule has 2 aromatic rings. The van der Waals surface area contributed by atoms with Gasteiger partial charge in [-0.15, -0.1) is 0 Å². The van der Waals surface area contributed by atoms with E-state index < -0.39 is 0 Å². The molecule has 0 spiro atoms. The minimum absolute atomic E-state index is 0.101. The smallest absolute Gasteiger partial charge is 0.223 e. The first-order chi connectivity index (χ1) is 13.2. The lowest BCUT2D eigenvalue weighted by Gasteiger charge is -2.26. The Hall–Kier alpha value is -2.14. The van der Waals surface area contributed by atoms with E-state index >= 15 is 0 Å². The number of aryl methyl sites for hydroxylation is 1. The fourth-order valence-corrected chi connectivity index (χ4v) is 4.46. The fraction of sp³-hybridized carbons (Fsp3) is 0.545. The van der Waals surface area contributed by atoms with Gasteiger partial charge in [0.25, 0.3) is 0 Å². The highest BCUT2D eigenvalue weighted by molar-refractivity contribution is 5.77. The third-order valence-corrected chi connectivity index (χ3v) is 6.04. The second-order valence-corrected chi connectivity index (χ2v) is 8.03. The molecule has 1 aromatic carbocycles. The quantitative estimate of drug-likeness (QED) is 0.845. The van der Waals surface area contributed by atoms with E-state index in [-0.39, 0.29) is 6.04 Å². The number of amides is 1. The summed E-state index contributed by atoms with van der Waals surface area (Å²) in [5, 5.41) is 3.40. The van der Waals surface area contributed by atoms with Crippen LogP contribution in [-0.4, -0.2) is 40.4 Å². The number of rotatable bonds is 5. The standard InChI is InChI=1S/C22H30N4O/c1-16-4-2-5-18(14-16)19-15-24-22(25-19)20-6-3-13-26(20)21(27)8-7-17-9-11-23-12-10-17/h2,4-5,14-15,17,20,23H,3,6-13H2,1H3,(H,24,25). The van der Waals surface area contributed by atoms with E-state index in [0.29, 0.717) is 18.2 Å². The van der Waals surface area contributed by atoms with Gasteiger partial charge in [0.2, 0.25) is 5.91 Å². The van der Waals surface area contributed by atoms with Gasteiger partial charge in [0.1, 0.15) is 5.82 Å². The van der Waals surface area contributed by atoms with Crippen molar-refractivity contribution in [2.75, 3.05) is 19.6 Å². The topological polar surface area (TPSA) is 61.0 Å². The van der Waals surface area contributed by atoms with E-state index in [0.717, 1.165) is 56.0 Å². The molecule has 0 aliphatic carbocycles. The molecule has 1 unspecified atom stereocenters. The van der Waals surface area contributed by atoms with Crippen LogP contribution < -0.4 is 5.32 Å². The average Bonchev–Trinajstić information content (AvgIpc) is 3.36. The Morgan fingerprint density at radius 1 is 1.26 bits per heavy atom. The Morgan fingerprint density at radius 3 is 2.93 bits per heavy atom. The van der Waals surface area contributed by atoms with Gasteiger partial charge < -0.3 is 15.2 Å². The van der Waals surface area contributed by atoms with Gasteiger partial charge in [-0.25, -0.2) is 4.98 Å². The molecule has 4 rings (SSSR count). The van der Waals surface area contributed by atoms with Crippen LogP contribution in [0.15, 0.2) is 30.5 Å². The molecule has 2 fully saturated rings. The van der Waals surface area contributed by atoms with Gasteiger partial charge in [0.05, 0.1) is 17.9 Å². The SMILES string of the molecule is Cc1cccc(-c2cnc(C3CCCN3C(=O)CCC3CCNCC3)[nH]2)c1. The number of nitrogens with one attached hydrogen (secondary N) is 2. The van der Waals surface area contributed by atoms with Crippen molar-refractivity contribution in [1.29, 1.82) is 0 Å². The summed E-state index contributed by atoms with van der Waals surface area (Å²) in [4.78, 5) is 23.0. The Balaban J connectivity index is 1.41. The summed E-state index contributed by atoms with van der Waals surface area (Å²) >= 11 is 0. The maximum atomic E-state index is 12.9. The maximum absolute atomic E-state index is 12.9. The minimum Gasteiger partial charge on any atom is -0.340 e. The number of hydrogen-bond acceptors (Lipinski definition) is 3. The lowest BCUT2D eigenvalue weighted by atomic mass is 9.93. The summed E-state index contributed by atoms with van der Waals surface area (Å²) < 4.78 is 0. The Morgan fingerprint density at radius 2 is 2.11 bits per heavy atom. The molecule has 1 amide bonds. The number of carbonyl (C=O) groups excluding carboxylic acids is 1. The summed E-state index contributed by atoms with van der Waals surface area (Å²) in [5.74, 6) is 1.93. The third-order valence-electron chi connectivity index (χ3n) is 6.04. The Labute approximate surface area is 161 Å². The van der Waals surface area contributed by atoms with Gasteiger partial charge >= 0.3 is 0 Å². The second kappa shape index (κ2) is 8.26. The number of imidazole rings is 1. The van der Waals surface area contributed by atoms with Crippen molar-refractivity contribution in [2.45, 2.75) is 51.5 Å². The highest BCUT2D eigenvalue weighted by Crippen LogP contribution is 2.32. The first-order valence-electron chi connectivity index (χ1n) is 10.3. The number of piperidine rings is 1. The van der Waals surface area contributed by atoms with Crippen molar-refractivity contribution >= 4 is 5.91 Å². The van der Waals surface area contributed by atoms with Crippen LogP contribution in [0.2, 0.25) is 0 Å². The van der Waals surface area contributed by atoms with Crippen LogP contribution in [0.25, 0.3) is 11.3 Å². The van der Waals surface area contributed by atoms with Crippen molar-refractivity contribution in [3.05, 3.63) is 41.9 Å². The predicted octanol–water partition coefficient (Wildman–Crippen LogP) is 3.83. The Bertz CT molecular complexity index is 778. The van der Waals surface area contributed by atoms with Gasteiger partial charge in [0.15, 0.2) is 0 Å². The van der Waals surface area contributed by atoms with E-state index in [2.05, 4.69) is 51.4 Å². The number of benzene rings is 1. The number of aromatic nitrogens is 2. The molecule has 27 heavy (non-hydrogen) atoms. The second-order valence-electron chi connectivity index (χ2n) is 8.03. The number of H-pyrrole nitrogens is 1. The number of likely N-dealkylation sites (tertiary alicyclic amines) is 1. The van der Waals surface area contributed by atoms with E-state index in [1.165, 1.54) is 18.4 Å². The summed E-state index contributed by atoms with van der Waals surface area (Å²) in [7, 11) is 0. The molecule has 2 N–H and O–H groups in total. The lowest BCUT2D eigenvalue weighted by Crippen LogP contribution is -2.32. The highest BCUT2D eigenvalue weighted by Gasteiger charge is 2.32. The fourth-order valence-electron chi connectivity index (χ4n) is 4.46. The predicted molar refractivity (Wildman–Crippen MR) is 107 cm³/mol. The van der Waals surface area contributed by atoms with Crippen molar-refractivity contribution in [3.63, 3.8) is 0 Å². The van der Waals surface area contributed by atoms with Gasteiger partial charge in [-0.2, -0.15) is 0 Å². The molecule has 3 heterocycles. The number of nitrogens with zero attached hydrogens (tertiary/aromatic N) is 2. The zero-order chi connectivity index (χ0) is 18.6. The molecule has 5 heteroatoms. The van der Waals surface area contributed by atoms with Crippen molar-refractivity contribution < 1.29 is 4.79 Å². The van der Waals surface area contributed by atoms with Crippen LogP contribution in [0, 0.1) is 12.8 Å². The van der Waals surface area contributed by atoms with Crippen molar-refractivity contribution in [1.82, 2.24) is 20.2 Å². The van der Waals surface area contributed by atoms with Gasteiger partial charge in [0, 0.05) is 13.0 Å². The number of carbonyl (C=O) groups is 1. The number of aromatic amines is 1. The van der Waals surface area contributed by atoms with Crippen LogP contribution >= 0.6 is 0 Å². The van der Waals surface area contributed by atoms with E-state index in [4.69, 9.17) is 0 Å². The zero-order valence-corrected chi connectivity index (χ0v) is 16.2. The molecule has 2 aliphatic rings. The van der Waals surface area contributed by atoms with Crippen LogP contribution in [-0.2, 0) is 4.79 Å². The molecule has 144 valence electrons. The highest BCUT2D eigenvalue weighted by atomic mass is 16.2. The summed E-state index contributed by atoms with van der Waals surface area (Å²) in [6.45, 7) is 5.15. The van der Waals surface area contributed by atoms with Gasteiger partial charge in [-0.05, 0) is 69.7 Å².